The van der Waals surface area contributed by atoms with E-state index in [0.717, 1.165) is 17.7 Å². The third-order valence-corrected chi connectivity index (χ3v) is 3.55. The number of nitrogens with two attached hydrogens (primary N) is 1. The molecule has 22 heavy (non-hydrogen) atoms. The molecule has 3 nitrogen and oxygen atoms in total. The molecule has 0 saturated heterocycles. The maximum absolute atomic E-state index is 12.6. The number of hydrogen-bond donors (Lipinski definition) is 1. The van der Waals surface area contributed by atoms with E-state index in [4.69, 9.17) is 10.6 Å². The van der Waals surface area contributed by atoms with Gasteiger partial charge in [0.1, 0.15) is 0 Å². The normalized spacial score (nSPS) is 18.0. The molecule has 0 radical (unpaired) electrons. The Balaban J connectivity index is 1.76. The van der Waals surface area contributed by atoms with Gasteiger partial charge in [-0.15, -0.1) is 0 Å². The Morgan fingerprint density at radius 3 is 2.36 bits per heavy atom. The van der Waals surface area contributed by atoms with Crippen LogP contribution in [0.3, 0.4) is 0 Å². The molecule has 0 aromatic heterocycles. The van der Waals surface area contributed by atoms with Gasteiger partial charge in [-0.3, -0.25) is 0 Å². The Kier molecular flexibility index (Phi) is 3.52. The Labute approximate surface area is 125 Å². The number of oxime groups is 1. The molecule has 1 aliphatic rings. The summed E-state index contributed by atoms with van der Waals surface area (Å²) < 4.78 is 37.7. The highest BCUT2D eigenvalue weighted by Crippen LogP contribution is 2.34. The molecule has 0 fully saturated rings. The van der Waals surface area contributed by atoms with Crippen LogP contribution >= 0.6 is 0 Å². The second-order valence-electron chi connectivity index (χ2n) is 5.04. The molecule has 1 heterocycles. The Morgan fingerprint density at radius 1 is 1.05 bits per heavy atom. The Morgan fingerprint density at radius 2 is 1.73 bits per heavy atom. The van der Waals surface area contributed by atoms with Crippen LogP contribution in [0.4, 0.5) is 18.9 Å². The van der Waals surface area contributed by atoms with Crippen LogP contribution in [0, 0.1) is 0 Å². The summed E-state index contributed by atoms with van der Waals surface area (Å²) in [6, 6.07) is 12.2. The van der Waals surface area contributed by atoms with E-state index in [9.17, 15) is 13.2 Å². The zero-order valence-electron chi connectivity index (χ0n) is 11.5. The molecular weight excluding hydrogens is 293 g/mol. The van der Waals surface area contributed by atoms with E-state index in [0.29, 0.717) is 23.4 Å². The molecule has 0 bridgehead atoms. The van der Waals surface area contributed by atoms with Crippen molar-refractivity contribution in [2.45, 2.75) is 18.7 Å². The number of rotatable bonds is 2. The minimum atomic E-state index is -4.34. The van der Waals surface area contributed by atoms with Gasteiger partial charge in [0.2, 0.25) is 0 Å². The van der Waals surface area contributed by atoms with Crippen molar-refractivity contribution in [3.05, 3.63) is 65.2 Å². The number of alkyl halides is 3. The van der Waals surface area contributed by atoms with Crippen LogP contribution in [0.2, 0.25) is 0 Å². The summed E-state index contributed by atoms with van der Waals surface area (Å²) in [4.78, 5) is 5.34. The van der Waals surface area contributed by atoms with E-state index in [2.05, 4.69) is 5.16 Å². The highest BCUT2D eigenvalue weighted by molar-refractivity contribution is 6.05. The molecule has 0 spiro atoms. The van der Waals surface area contributed by atoms with Crippen LogP contribution in [0.15, 0.2) is 53.7 Å². The standard InChI is InChI=1S/C16H13F3N2O/c17-16(18,19)11-7-5-10(6-8-11)15-9-14(21-22-15)12-3-1-2-4-13(12)20/h1-8,15H,9,20H2. The van der Waals surface area contributed by atoms with Crippen LogP contribution in [-0.2, 0) is 11.0 Å². The van der Waals surface area contributed by atoms with Crippen molar-refractivity contribution in [3.8, 4) is 0 Å². The number of nitrogen functional groups attached to an aromatic ring is 1. The lowest BCUT2D eigenvalue weighted by molar-refractivity contribution is -0.137. The lowest BCUT2D eigenvalue weighted by Gasteiger charge is -2.11. The molecule has 114 valence electrons. The molecule has 0 saturated carbocycles. The van der Waals surface area contributed by atoms with Crippen molar-refractivity contribution in [1.29, 1.82) is 0 Å². The van der Waals surface area contributed by atoms with Gasteiger partial charge in [-0.1, -0.05) is 35.5 Å². The summed E-state index contributed by atoms with van der Waals surface area (Å²) in [7, 11) is 0. The molecule has 6 heteroatoms. The molecule has 2 N–H and O–H groups in total. The van der Waals surface area contributed by atoms with Gasteiger partial charge in [0.25, 0.3) is 0 Å². The average Bonchev–Trinajstić information content (AvgIpc) is 2.96. The average molecular weight is 306 g/mol. The predicted molar refractivity (Wildman–Crippen MR) is 77.3 cm³/mol. The molecule has 2 aromatic rings. The van der Waals surface area contributed by atoms with Crippen molar-refractivity contribution in [2.24, 2.45) is 5.16 Å². The van der Waals surface area contributed by atoms with Crippen LogP contribution in [0.1, 0.15) is 29.2 Å². The monoisotopic (exact) mass is 306 g/mol. The third kappa shape index (κ3) is 2.77. The SMILES string of the molecule is Nc1ccccc1C1=NOC(c2ccc(C(F)(F)F)cc2)C1. The van der Waals surface area contributed by atoms with Gasteiger partial charge in [-0.2, -0.15) is 13.2 Å². The van der Waals surface area contributed by atoms with Gasteiger partial charge >= 0.3 is 6.18 Å². The first-order valence-electron chi connectivity index (χ1n) is 6.70. The van der Waals surface area contributed by atoms with Gasteiger partial charge in [0, 0.05) is 17.7 Å². The molecule has 1 aliphatic heterocycles. The van der Waals surface area contributed by atoms with Gasteiger partial charge in [-0.25, -0.2) is 0 Å². The van der Waals surface area contributed by atoms with Gasteiger partial charge < -0.3 is 10.6 Å². The molecule has 1 unspecified atom stereocenters. The minimum absolute atomic E-state index is 0.392. The minimum Gasteiger partial charge on any atom is -0.398 e. The number of para-hydroxylation sites is 1. The molecule has 3 rings (SSSR count). The summed E-state index contributed by atoms with van der Waals surface area (Å²) in [5.41, 5.74) is 7.95. The number of nitrogens with zero attached hydrogens (tertiary/aromatic N) is 1. The third-order valence-electron chi connectivity index (χ3n) is 3.55. The first-order valence-corrected chi connectivity index (χ1v) is 6.70. The summed E-state index contributed by atoms with van der Waals surface area (Å²) in [6.45, 7) is 0. The second-order valence-corrected chi connectivity index (χ2v) is 5.04. The smallest absolute Gasteiger partial charge is 0.398 e. The van der Waals surface area contributed by atoms with E-state index in [-0.39, 0.29) is 0 Å². The summed E-state index contributed by atoms with van der Waals surface area (Å²) in [6.07, 6.45) is -4.26. The van der Waals surface area contributed by atoms with Crippen LogP contribution in [0.25, 0.3) is 0 Å². The fourth-order valence-corrected chi connectivity index (χ4v) is 2.36. The molecule has 0 amide bonds. The quantitative estimate of drug-likeness (QED) is 0.847. The highest BCUT2D eigenvalue weighted by Gasteiger charge is 2.31. The Hall–Kier alpha value is -2.50. The van der Waals surface area contributed by atoms with Crippen LogP contribution < -0.4 is 5.73 Å². The Bertz CT molecular complexity index is 708. The number of anilines is 1. The lowest BCUT2D eigenvalue weighted by atomic mass is 9.98. The van der Waals surface area contributed by atoms with Crippen molar-refractivity contribution >= 4 is 11.4 Å². The first-order chi connectivity index (χ1) is 10.4. The maximum atomic E-state index is 12.6. The summed E-state index contributed by atoms with van der Waals surface area (Å²) in [5.74, 6) is 0. The van der Waals surface area contributed by atoms with E-state index in [1.807, 2.05) is 18.2 Å². The number of benzene rings is 2. The second kappa shape index (κ2) is 5.36. The first kappa shape index (κ1) is 14.4. The van der Waals surface area contributed by atoms with E-state index >= 15 is 0 Å². The van der Waals surface area contributed by atoms with Gasteiger partial charge in [-0.05, 0) is 23.8 Å². The van der Waals surface area contributed by atoms with E-state index < -0.39 is 17.8 Å². The topological polar surface area (TPSA) is 47.6 Å². The van der Waals surface area contributed by atoms with Crippen molar-refractivity contribution in [2.75, 3.05) is 5.73 Å². The highest BCUT2D eigenvalue weighted by atomic mass is 19.4. The van der Waals surface area contributed by atoms with Crippen molar-refractivity contribution < 1.29 is 18.0 Å². The zero-order chi connectivity index (χ0) is 15.7. The summed E-state index contributed by atoms with van der Waals surface area (Å²) in [5, 5.41) is 4.01. The van der Waals surface area contributed by atoms with Crippen molar-refractivity contribution in [3.63, 3.8) is 0 Å². The van der Waals surface area contributed by atoms with E-state index in [1.54, 1.807) is 6.07 Å². The van der Waals surface area contributed by atoms with Crippen LogP contribution in [-0.4, -0.2) is 5.71 Å². The molecule has 1 atom stereocenters. The zero-order valence-corrected chi connectivity index (χ0v) is 11.5. The molecular formula is C16H13F3N2O. The number of hydrogen-bond acceptors (Lipinski definition) is 3. The van der Waals surface area contributed by atoms with Crippen molar-refractivity contribution in [1.82, 2.24) is 0 Å². The molecule has 0 aliphatic carbocycles. The van der Waals surface area contributed by atoms with E-state index in [1.165, 1.54) is 12.1 Å². The van der Waals surface area contributed by atoms with Crippen LogP contribution in [0.5, 0.6) is 0 Å². The molecule has 2 aromatic carbocycles. The largest absolute Gasteiger partial charge is 0.416 e. The number of halogens is 3. The fraction of sp³-hybridized carbons (Fsp3) is 0.188. The predicted octanol–water partition coefficient (Wildman–Crippen LogP) is 4.15. The van der Waals surface area contributed by atoms with Gasteiger partial charge in [0.15, 0.2) is 6.10 Å². The fourth-order valence-electron chi connectivity index (χ4n) is 2.36. The van der Waals surface area contributed by atoms with Gasteiger partial charge in [0.05, 0.1) is 11.3 Å². The lowest BCUT2D eigenvalue weighted by Crippen LogP contribution is -2.06. The summed E-state index contributed by atoms with van der Waals surface area (Å²) >= 11 is 0. The maximum Gasteiger partial charge on any atom is 0.416 e.